The zero-order valence-corrected chi connectivity index (χ0v) is 8.34. The fourth-order valence-corrected chi connectivity index (χ4v) is 1.01. The smallest absolute Gasteiger partial charge is 0.306 e. The normalized spacial score (nSPS) is 11.2. The van der Waals surface area contributed by atoms with Crippen LogP contribution in [0.3, 0.4) is 0 Å². The van der Waals surface area contributed by atoms with Gasteiger partial charge < -0.3 is 4.74 Å². The highest BCUT2D eigenvalue weighted by atomic mass is 32.2. The lowest BCUT2D eigenvalue weighted by Crippen LogP contribution is -2.13. The molecule has 0 atom stereocenters. The molecule has 5 nitrogen and oxygen atoms in total. The van der Waals surface area contributed by atoms with Gasteiger partial charge >= 0.3 is 16.1 Å². The van der Waals surface area contributed by atoms with Crippen molar-refractivity contribution in [3.63, 3.8) is 0 Å². The van der Waals surface area contributed by atoms with E-state index in [2.05, 4.69) is 4.74 Å². The molecule has 0 aliphatic rings. The highest BCUT2D eigenvalue weighted by Gasteiger charge is 2.08. The van der Waals surface area contributed by atoms with Gasteiger partial charge in [-0.25, -0.2) is 0 Å². The molecular formula is C7H14O5S. The van der Waals surface area contributed by atoms with Crippen molar-refractivity contribution in [2.75, 3.05) is 5.94 Å². The van der Waals surface area contributed by atoms with E-state index in [1.807, 2.05) is 6.92 Å². The van der Waals surface area contributed by atoms with Crippen molar-refractivity contribution in [2.45, 2.75) is 32.6 Å². The summed E-state index contributed by atoms with van der Waals surface area (Å²) in [7, 11) is -4.19. The number of hydrogen-bond donors (Lipinski definition) is 1. The molecule has 13 heavy (non-hydrogen) atoms. The summed E-state index contributed by atoms with van der Waals surface area (Å²) >= 11 is 0. The van der Waals surface area contributed by atoms with E-state index < -0.39 is 22.0 Å². The van der Waals surface area contributed by atoms with Crippen molar-refractivity contribution in [2.24, 2.45) is 0 Å². The van der Waals surface area contributed by atoms with Gasteiger partial charge in [0.1, 0.15) is 0 Å². The molecule has 0 rings (SSSR count). The Balaban J connectivity index is 3.53. The van der Waals surface area contributed by atoms with E-state index >= 15 is 0 Å². The average Bonchev–Trinajstić information content (AvgIpc) is 2.00. The lowest BCUT2D eigenvalue weighted by molar-refractivity contribution is -0.141. The minimum atomic E-state index is -4.19. The Labute approximate surface area is 77.8 Å². The minimum Gasteiger partial charge on any atom is -0.447 e. The highest BCUT2D eigenvalue weighted by molar-refractivity contribution is 7.85. The zero-order valence-electron chi connectivity index (χ0n) is 7.52. The lowest BCUT2D eigenvalue weighted by atomic mass is 10.2. The number of hydrogen-bond acceptors (Lipinski definition) is 4. The molecular weight excluding hydrogens is 196 g/mol. The summed E-state index contributed by atoms with van der Waals surface area (Å²) in [5, 5.41) is 0. The van der Waals surface area contributed by atoms with E-state index in [9.17, 15) is 13.2 Å². The molecule has 0 aromatic heterocycles. The van der Waals surface area contributed by atoms with Gasteiger partial charge in [0, 0.05) is 6.42 Å². The third-order valence-corrected chi connectivity index (χ3v) is 1.77. The van der Waals surface area contributed by atoms with Crippen molar-refractivity contribution in [3.05, 3.63) is 0 Å². The van der Waals surface area contributed by atoms with Gasteiger partial charge in [0.25, 0.3) is 0 Å². The van der Waals surface area contributed by atoms with Crippen LogP contribution in [0.5, 0.6) is 0 Å². The number of esters is 1. The number of carbonyl (C=O) groups excluding carboxylic acids is 1. The fraction of sp³-hybridized carbons (Fsp3) is 0.857. The van der Waals surface area contributed by atoms with Crippen LogP contribution in [0.2, 0.25) is 0 Å². The third-order valence-electron chi connectivity index (χ3n) is 1.35. The van der Waals surface area contributed by atoms with Crippen LogP contribution < -0.4 is 0 Å². The standard InChI is InChI=1S/C7H14O5S/c1-2-3-4-5-7(8)12-6-13(9,10)11/h2-6H2,1H3,(H,9,10,11). The number of carbonyl (C=O) groups is 1. The van der Waals surface area contributed by atoms with Gasteiger partial charge in [-0.3, -0.25) is 9.35 Å². The van der Waals surface area contributed by atoms with Crippen LogP contribution in [0.1, 0.15) is 32.6 Å². The third kappa shape index (κ3) is 9.29. The monoisotopic (exact) mass is 210 g/mol. The van der Waals surface area contributed by atoms with Crippen LogP contribution in [0.4, 0.5) is 0 Å². The Bertz CT molecular complexity index is 244. The quantitative estimate of drug-likeness (QED) is 0.401. The molecule has 0 saturated heterocycles. The summed E-state index contributed by atoms with van der Waals surface area (Å²) in [6.07, 6.45) is 2.76. The van der Waals surface area contributed by atoms with E-state index in [0.29, 0.717) is 6.42 Å². The second-order valence-electron chi connectivity index (χ2n) is 2.67. The van der Waals surface area contributed by atoms with Crippen LogP contribution in [0.15, 0.2) is 0 Å². The van der Waals surface area contributed by atoms with Crippen molar-refractivity contribution < 1.29 is 22.5 Å². The Morgan fingerprint density at radius 3 is 2.46 bits per heavy atom. The predicted octanol–water partition coefficient (Wildman–Crippen LogP) is 0.955. The van der Waals surface area contributed by atoms with Crippen LogP contribution >= 0.6 is 0 Å². The molecule has 0 heterocycles. The van der Waals surface area contributed by atoms with Crippen molar-refractivity contribution in [1.29, 1.82) is 0 Å². The van der Waals surface area contributed by atoms with E-state index in [1.54, 1.807) is 0 Å². The van der Waals surface area contributed by atoms with Gasteiger partial charge in [0.05, 0.1) is 0 Å². The first-order chi connectivity index (χ1) is 5.95. The van der Waals surface area contributed by atoms with Crippen molar-refractivity contribution in [3.8, 4) is 0 Å². The Hall–Kier alpha value is -0.620. The van der Waals surface area contributed by atoms with Gasteiger partial charge in [-0.15, -0.1) is 0 Å². The highest BCUT2D eigenvalue weighted by Crippen LogP contribution is 2.00. The number of unbranched alkanes of at least 4 members (excludes halogenated alkanes) is 2. The summed E-state index contributed by atoms with van der Waals surface area (Å²) in [5.41, 5.74) is 0. The summed E-state index contributed by atoms with van der Waals surface area (Å²) in [6.45, 7) is 1.99. The molecule has 0 aliphatic carbocycles. The van der Waals surface area contributed by atoms with Crippen molar-refractivity contribution in [1.82, 2.24) is 0 Å². The van der Waals surface area contributed by atoms with E-state index in [1.165, 1.54) is 0 Å². The first kappa shape index (κ1) is 12.4. The molecule has 0 aliphatic heterocycles. The largest absolute Gasteiger partial charge is 0.447 e. The molecule has 0 amide bonds. The van der Waals surface area contributed by atoms with Gasteiger partial charge in [0.2, 0.25) is 5.94 Å². The molecule has 0 aromatic carbocycles. The Kier molecular flexibility index (Phi) is 5.65. The van der Waals surface area contributed by atoms with Gasteiger partial charge in [-0.2, -0.15) is 8.42 Å². The molecule has 78 valence electrons. The second-order valence-corrected chi connectivity index (χ2v) is 4.07. The Morgan fingerprint density at radius 2 is 2.00 bits per heavy atom. The molecule has 0 saturated carbocycles. The maximum absolute atomic E-state index is 10.8. The molecule has 0 aromatic rings. The van der Waals surface area contributed by atoms with Gasteiger partial charge in [-0.1, -0.05) is 19.8 Å². The van der Waals surface area contributed by atoms with Gasteiger partial charge in [-0.05, 0) is 6.42 Å². The number of ether oxygens (including phenoxy) is 1. The minimum absolute atomic E-state index is 0.198. The van der Waals surface area contributed by atoms with Gasteiger partial charge in [0.15, 0.2) is 0 Å². The number of rotatable bonds is 6. The predicted molar refractivity (Wildman–Crippen MR) is 46.6 cm³/mol. The topological polar surface area (TPSA) is 80.7 Å². The van der Waals surface area contributed by atoms with E-state index in [-0.39, 0.29) is 6.42 Å². The molecule has 1 N–H and O–H groups in total. The van der Waals surface area contributed by atoms with E-state index in [4.69, 9.17) is 4.55 Å². The molecule has 0 unspecified atom stereocenters. The summed E-state index contributed by atoms with van der Waals surface area (Å²) in [6, 6.07) is 0. The van der Waals surface area contributed by atoms with Crippen molar-refractivity contribution >= 4 is 16.1 Å². The molecule has 0 spiro atoms. The van der Waals surface area contributed by atoms with Crippen LogP contribution in [0.25, 0.3) is 0 Å². The summed E-state index contributed by atoms with van der Waals surface area (Å²) in [4.78, 5) is 10.8. The zero-order chi connectivity index (χ0) is 10.3. The molecule has 0 fully saturated rings. The Morgan fingerprint density at radius 1 is 1.38 bits per heavy atom. The SMILES string of the molecule is CCCCCC(=O)OCS(=O)(=O)O. The molecule has 0 radical (unpaired) electrons. The maximum Gasteiger partial charge on any atom is 0.306 e. The molecule has 6 heteroatoms. The average molecular weight is 210 g/mol. The van der Waals surface area contributed by atoms with Crippen LogP contribution in [0, 0.1) is 0 Å². The summed E-state index contributed by atoms with van der Waals surface area (Å²) in [5.74, 6) is -1.54. The first-order valence-electron chi connectivity index (χ1n) is 4.06. The van der Waals surface area contributed by atoms with Crippen LogP contribution in [-0.4, -0.2) is 24.9 Å². The fourth-order valence-electron chi connectivity index (χ4n) is 0.732. The lowest BCUT2D eigenvalue weighted by Gasteiger charge is -2.01. The van der Waals surface area contributed by atoms with Crippen LogP contribution in [-0.2, 0) is 19.6 Å². The molecule has 0 bridgehead atoms. The first-order valence-corrected chi connectivity index (χ1v) is 5.67. The maximum atomic E-state index is 10.8. The second kappa shape index (κ2) is 5.93. The summed E-state index contributed by atoms with van der Waals surface area (Å²) < 4.78 is 32.8. The van der Waals surface area contributed by atoms with E-state index in [0.717, 1.165) is 12.8 Å².